The van der Waals surface area contributed by atoms with Gasteiger partial charge in [-0.2, -0.15) is 0 Å². The second kappa shape index (κ2) is 5.62. The van der Waals surface area contributed by atoms with Crippen LogP contribution in [0.4, 0.5) is 0 Å². The highest BCUT2D eigenvalue weighted by Gasteiger charge is 2.44. The predicted octanol–water partition coefficient (Wildman–Crippen LogP) is -2.57. The molecule has 3 heterocycles. The Hall–Kier alpha value is -2.47. The molecule has 11 nitrogen and oxygen atoms in total. The fourth-order valence-electron chi connectivity index (χ4n) is 2.65. The lowest BCUT2D eigenvalue weighted by atomic mass is 10.1. The molecule has 0 aliphatic carbocycles. The van der Waals surface area contributed by atoms with Gasteiger partial charge in [0.1, 0.15) is 24.0 Å². The van der Waals surface area contributed by atoms with E-state index in [-0.39, 0.29) is 22.4 Å². The number of rotatable bonds is 3. The molecule has 1 unspecified atom stereocenters. The number of H-pyrrole nitrogens is 1. The lowest BCUT2D eigenvalue weighted by Crippen LogP contribution is -2.33. The van der Waals surface area contributed by atoms with Crippen LogP contribution in [0.5, 0.6) is 0 Å². The van der Waals surface area contributed by atoms with Gasteiger partial charge < -0.3 is 40.5 Å². The number of aromatic amines is 1. The molecule has 1 aliphatic rings. The van der Waals surface area contributed by atoms with Crippen molar-refractivity contribution < 1.29 is 25.3 Å². The summed E-state index contributed by atoms with van der Waals surface area (Å²) >= 11 is 0. The molecule has 1 fully saturated rings. The van der Waals surface area contributed by atoms with Gasteiger partial charge in [-0.05, 0) is 0 Å². The summed E-state index contributed by atoms with van der Waals surface area (Å²) in [4.78, 5) is 18.4. The molecule has 23 heavy (non-hydrogen) atoms. The zero-order valence-corrected chi connectivity index (χ0v) is 11.7. The maximum Gasteiger partial charge on any atom is 0.260 e. The van der Waals surface area contributed by atoms with Gasteiger partial charge >= 0.3 is 0 Å². The van der Waals surface area contributed by atoms with Gasteiger partial charge in [-0.3, -0.25) is 4.79 Å². The number of aromatic nitrogens is 3. The number of ether oxygens (including phenoxy) is 1. The van der Waals surface area contributed by atoms with Crippen LogP contribution in [0.25, 0.3) is 11.0 Å². The third-order valence-electron chi connectivity index (χ3n) is 3.79. The van der Waals surface area contributed by atoms with Crippen molar-refractivity contribution in [2.45, 2.75) is 24.5 Å². The van der Waals surface area contributed by atoms with Gasteiger partial charge in [0.05, 0.1) is 23.9 Å². The number of fused-ring (bicyclic) bond motifs is 1. The molecule has 0 amide bonds. The summed E-state index contributed by atoms with van der Waals surface area (Å²) in [6, 6.07) is 0. The van der Waals surface area contributed by atoms with Crippen molar-refractivity contribution in [3.05, 3.63) is 28.4 Å². The largest absolute Gasteiger partial charge is 0.409 e. The summed E-state index contributed by atoms with van der Waals surface area (Å²) in [7, 11) is 0. The minimum Gasteiger partial charge on any atom is -0.409 e. The van der Waals surface area contributed by atoms with E-state index >= 15 is 0 Å². The number of nitrogens with one attached hydrogen (secondary N) is 1. The van der Waals surface area contributed by atoms with Crippen LogP contribution in [-0.4, -0.2) is 65.8 Å². The number of aliphatic hydroxyl groups is 3. The summed E-state index contributed by atoms with van der Waals surface area (Å²) in [5, 5.41) is 40.9. The maximum atomic E-state index is 12.0. The van der Waals surface area contributed by atoms with E-state index in [1.165, 1.54) is 10.8 Å². The zero-order chi connectivity index (χ0) is 16.7. The van der Waals surface area contributed by atoms with E-state index in [1.54, 1.807) is 0 Å². The second-order valence-corrected chi connectivity index (χ2v) is 5.09. The van der Waals surface area contributed by atoms with E-state index < -0.39 is 36.7 Å². The molecule has 2 aromatic rings. The first kappa shape index (κ1) is 15.4. The molecule has 0 spiro atoms. The Balaban J connectivity index is 2.20. The average Bonchev–Trinajstić information content (AvgIpc) is 3.07. The van der Waals surface area contributed by atoms with Crippen molar-refractivity contribution in [2.75, 3.05) is 6.61 Å². The number of hydrogen-bond acceptors (Lipinski definition) is 8. The minimum absolute atomic E-state index is 0.0422. The Morgan fingerprint density at radius 3 is 2.83 bits per heavy atom. The summed E-state index contributed by atoms with van der Waals surface area (Å²) in [6.07, 6.45) is -2.28. The van der Waals surface area contributed by atoms with Gasteiger partial charge in [-0.1, -0.05) is 5.16 Å². The van der Waals surface area contributed by atoms with Crippen LogP contribution in [0.15, 0.2) is 22.5 Å². The molecule has 1 saturated heterocycles. The van der Waals surface area contributed by atoms with Crippen LogP contribution >= 0.6 is 0 Å². The predicted molar refractivity (Wildman–Crippen MR) is 75.9 cm³/mol. The maximum absolute atomic E-state index is 12.0. The van der Waals surface area contributed by atoms with E-state index in [0.29, 0.717) is 0 Å². The summed E-state index contributed by atoms with van der Waals surface area (Å²) < 4.78 is 6.71. The first-order valence-corrected chi connectivity index (χ1v) is 6.68. The Morgan fingerprint density at radius 2 is 2.22 bits per heavy atom. The molecule has 7 N–H and O–H groups in total. The number of hydrogen-bond donors (Lipinski definition) is 6. The number of amidine groups is 1. The number of nitrogens with zero attached hydrogens (tertiary/aromatic N) is 3. The van der Waals surface area contributed by atoms with Gasteiger partial charge in [-0.25, -0.2) is 4.98 Å². The van der Waals surface area contributed by atoms with E-state index in [0.717, 1.165) is 6.33 Å². The highest BCUT2D eigenvalue weighted by Crippen LogP contribution is 2.32. The molecule has 1 aliphatic heterocycles. The van der Waals surface area contributed by atoms with Gasteiger partial charge in [0, 0.05) is 6.20 Å². The van der Waals surface area contributed by atoms with Crippen molar-refractivity contribution in [3.8, 4) is 0 Å². The molecule has 3 rings (SSSR count). The van der Waals surface area contributed by atoms with Crippen molar-refractivity contribution in [1.82, 2.24) is 14.5 Å². The quantitative estimate of drug-likeness (QED) is 0.154. The Labute approximate surface area is 128 Å². The van der Waals surface area contributed by atoms with Crippen LogP contribution in [0.1, 0.15) is 11.8 Å². The fraction of sp³-hybridized carbons (Fsp3) is 0.417. The molecular formula is C12H15N5O6. The summed E-state index contributed by atoms with van der Waals surface area (Å²) in [5.41, 5.74) is 5.25. The highest BCUT2D eigenvalue weighted by atomic mass is 16.6. The van der Waals surface area contributed by atoms with E-state index in [4.69, 9.17) is 20.8 Å². The normalized spacial score (nSPS) is 28.6. The lowest BCUT2D eigenvalue weighted by Gasteiger charge is -2.17. The van der Waals surface area contributed by atoms with Crippen LogP contribution in [-0.2, 0) is 4.74 Å². The van der Waals surface area contributed by atoms with E-state index in [1.807, 2.05) is 0 Å². The molecule has 0 saturated carbocycles. The second-order valence-electron chi connectivity index (χ2n) is 5.09. The van der Waals surface area contributed by atoms with Gasteiger partial charge in [0.15, 0.2) is 12.1 Å². The Bertz CT molecular complexity index is 814. The van der Waals surface area contributed by atoms with Crippen LogP contribution in [0.2, 0.25) is 0 Å². The number of aliphatic hydroxyl groups excluding tert-OH is 3. The number of oxime groups is 1. The van der Waals surface area contributed by atoms with Crippen LogP contribution in [0, 0.1) is 0 Å². The average molecular weight is 325 g/mol. The third kappa shape index (κ3) is 2.26. The molecule has 0 aromatic carbocycles. The van der Waals surface area contributed by atoms with Crippen molar-refractivity contribution in [1.29, 1.82) is 0 Å². The van der Waals surface area contributed by atoms with E-state index in [9.17, 15) is 15.0 Å². The van der Waals surface area contributed by atoms with E-state index in [2.05, 4.69) is 15.1 Å². The van der Waals surface area contributed by atoms with Gasteiger partial charge in [0.25, 0.3) is 5.56 Å². The summed E-state index contributed by atoms with van der Waals surface area (Å²) in [5.74, 6) is -0.320. The molecule has 11 heteroatoms. The smallest absolute Gasteiger partial charge is 0.260 e. The first-order chi connectivity index (χ1) is 11.0. The SMILES string of the molecule is N/C(=N\O)c1cn([C@@H]2O[C@H](CO)[C@H](O)C2O)c2nc[nH]c(=O)c12. The molecule has 2 aromatic heterocycles. The van der Waals surface area contributed by atoms with Crippen molar-refractivity contribution in [2.24, 2.45) is 10.9 Å². The molecular weight excluding hydrogens is 310 g/mol. The summed E-state index contributed by atoms with van der Waals surface area (Å²) in [6.45, 7) is -0.491. The number of nitrogens with two attached hydrogens (primary N) is 1. The zero-order valence-electron chi connectivity index (χ0n) is 11.7. The standard InChI is InChI=1S/C12H15N5O6/c13-9(16-22)4-1-17(10-6(4)11(21)15-3-14-10)12-8(20)7(19)5(2-18)23-12/h1,3,5,7-8,12,18-20,22H,2H2,(H2,13,16)(H,14,15,21)/t5-,7+,8?,12-/m1/s1. The molecule has 124 valence electrons. The third-order valence-corrected chi connectivity index (χ3v) is 3.79. The lowest BCUT2D eigenvalue weighted by molar-refractivity contribution is -0.0508. The Morgan fingerprint density at radius 1 is 1.48 bits per heavy atom. The molecule has 0 bridgehead atoms. The van der Waals surface area contributed by atoms with Crippen LogP contribution in [0.3, 0.4) is 0 Å². The Kier molecular flexibility index (Phi) is 3.77. The van der Waals surface area contributed by atoms with Gasteiger partial charge in [-0.15, -0.1) is 0 Å². The molecule has 4 atom stereocenters. The fourth-order valence-corrected chi connectivity index (χ4v) is 2.65. The van der Waals surface area contributed by atoms with Crippen molar-refractivity contribution >= 4 is 16.9 Å². The first-order valence-electron chi connectivity index (χ1n) is 6.68. The monoisotopic (exact) mass is 325 g/mol. The van der Waals surface area contributed by atoms with Gasteiger partial charge in [0.2, 0.25) is 0 Å². The highest BCUT2D eigenvalue weighted by molar-refractivity contribution is 6.07. The van der Waals surface area contributed by atoms with Crippen LogP contribution < -0.4 is 11.3 Å². The van der Waals surface area contributed by atoms with Crippen molar-refractivity contribution in [3.63, 3.8) is 0 Å². The molecule has 0 radical (unpaired) electrons. The minimum atomic E-state index is -1.36. The topological polar surface area (TPSA) is 179 Å².